The lowest BCUT2D eigenvalue weighted by atomic mass is 10.0. The van der Waals surface area contributed by atoms with Crippen molar-refractivity contribution in [2.45, 2.75) is 6.04 Å². The van der Waals surface area contributed by atoms with E-state index in [1.165, 1.54) is 18.3 Å². The van der Waals surface area contributed by atoms with Crippen LogP contribution in [-0.4, -0.2) is 33.1 Å². The van der Waals surface area contributed by atoms with Crippen LogP contribution in [0.3, 0.4) is 0 Å². The zero-order valence-corrected chi connectivity index (χ0v) is 18.1. The molecule has 0 spiro atoms. The Morgan fingerprint density at radius 2 is 1.76 bits per heavy atom. The molecule has 0 aliphatic carbocycles. The number of fused-ring (bicyclic) bond motifs is 1. The van der Waals surface area contributed by atoms with Gasteiger partial charge in [-0.2, -0.15) is 10.2 Å². The van der Waals surface area contributed by atoms with Crippen LogP contribution in [0, 0.1) is 10.1 Å². The van der Waals surface area contributed by atoms with Gasteiger partial charge in [0.15, 0.2) is 6.04 Å². The van der Waals surface area contributed by atoms with Crippen molar-refractivity contribution in [1.82, 2.24) is 20.9 Å². The molecule has 0 aliphatic heterocycles. The number of carbonyl (C=O) groups is 2. The van der Waals surface area contributed by atoms with Gasteiger partial charge in [-0.25, -0.2) is 10.5 Å². The van der Waals surface area contributed by atoms with Crippen LogP contribution in [0.5, 0.6) is 0 Å². The number of rotatable bonds is 7. The van der Waals surface area contributed by atoms with Crippen LogP contribution in [-0.2, 0) is 4.79 Å². The summed E-state index contributed by atoms with van der Waals surface area (Å²) in [6.07, 6.45) is 1.25. The number of aromatic nitrogens is 2. The molecule has 0 fully saturated rings. The van der Waals surface area contributed by atoms with Crippen molar-refractivity contribution in [2.75, 3.05) is 0 Å². The summed E-state index contributed by atoms with van der Waals surface area (Å²) in [5, 5.41) is 24.3. The minimum absolute atomic E-state index is 0.0651. The van der Waals surface area contributed by atoms with Gasteiger partial charge in [0.2, 0.25) is 0 Å². The van der Waals surface area contributed by atoms with Crippen LogP contribution in [0.4, 0.5) is 5.00 Å². The molecule has 0 saturated carbocycles. The maximum Gasteiger partial charge on any atom is 0.324 e. The van der Waals surface area contributed by atoms with Gasteiger partial charge in [-0.1, -0.05) is 47.7 Å². The molecule has 11 nitrogen and oxygen atoms in total. The van der Waals surface area contributed by atoms with Crippen LogP contribution in [0.2, 0.25) is 0 Å². The van der Waals surface area contributed by atoms with E-state index in [0.717, 1.165) is 11.3 Å². The molecular formula is C22H16N6O5S. The van der Waals surface area contributed by atoms with Crippen molar-refractivity contribution in [2.24, 2.45) is 5.10 Å². The predicted octanol–water partition coefficient (Wildman–Crippen LogP) is 2.51. The molecule has 0 aliphatic rings. The molecular weight excluding hydrogens is 460 g/mol. The van der Waals surface area contributed by atoms with E-state index in [2.05, 4.69) is 26.0 Å². The average Bonchev–Trinajstić information content (AvgIpc) is 3.33. The Morgan fingerprint density at radius 1 is 1.06 bits per heavy atom. The van der Waals surface area contributed by atoms with Crippen molar-refractivity contribution in [3.05, 3.63) is 103 Å². The van der Waals surface area contributed by atoms with Crippen molar-refractivity contribution in [1.29, 1.82) is 0 Å². The number of amides is 2. The Morgan fingerprint density at radius 3 is 2.47 bits per heavy atom. The van der Waals surface area contributed by atoms with Gasteiger partial charge in [-0.3, -0.25) is 24.5 Å². The normalized spacial score (nSPS) is 11.9. The number of hydrazone groups is 1. The summed E-state index contributed by atoms with van der Waals surface area (Å²) in [4.78, 5) is 48.8. The largest absolute Gasteiger partial charge is 0.335 e. The van der Waals surface area contributed by atoms with Crippen LogP contribution in [0.15, 0.2) is 76.6 Å². The fraction of sp³-hybridized carbons (Fsp3) is 0.0455. The number of H-pyrrole nitrogens is 1. The van der Waals surface area contributed by atoms with Crippen molar-refractivity contribution in [3.63, 3.8) is 0 Å². The Kier molecular flexibility index (Phi) is 6.50. The van der Waals surface area contributed by atoms with Crippen LogP contribution in [0.1, 0.15) is 27.0 Å². The first-order valence-electron chi connectivity index (χ1n) is 9.84. The molecule has 12 heteroatoms. The lowest BCUT2D eigenvalue weighted by molar-refractivity contribution is -0.380. The third-order valence-electron chi connectivity index (χ3n) is 4.73. The molecule has 0 radical (unpaired) electrons. The SMILES string of the molecule is O=C(N[C@@H](C(=O)N/N=C\c1ccc([N+](=O)[O-])s1)c1n[nH]c(=O)c2ccccc12)c1ccccc1. The molecule has 2 amide bonds. The Labute approximate surface area is 195 Å². The number of carbonyl (C=O) groups excluding carboxylic acids is 2. The lowest BCUT2D eigenvalue weighted by Crippen LogP contribution is -2.40. The number of nitrogens with zero attached hydrogens (tertiary/aromatic N) is 3. The Balaban J connectivity index is 1.65. The number of nitrogens with one attached hydrogen (secondary N) is 3. The highest BCUT2D eigenvalue weighted by atomic mass is 32.1. The molecule has 4 rings (SSSR count). The van der Waals surface area contributed by atoms with E-state index in [1.807, 2.05) is 0 Å². The molecule has 2 heterocycles. The highest BCUT2D eigenvalue weighted by molar-refractivity contribution is 7.16. The van der Waals surface area contributed by atoms with Gasteiger partial charge in [0.05, 0.1) is 21.4 Å². The second kappa shape index (κ2) is 9.83. The van der Waals surface area contributed by atoms with Gasteiger partial charge >= 0.3 is 5.00 Å². The second-order valence-electron chi connectivity index (χ2n) is 6.92. The minimum atomic E-state index is -1.30. The van der Waals surface area contributed by atoms with Gasteiger partial charge in [-0.15, -0.1) is 0 Å². The molecule has 4 aromatic rings. The molecule has 0 saturated heterocycles. The number of hydrogen-bond donors (Lipinski definition) is 3. The van der Waals surface area contributed by atoms with Crippen molar-refractivity contribution in [3.8, 4) is 0 Å². The summed E-state index contributed by atoms with van der Waals surface area (Å²) < 4.78 is 0. The fourth-order valence-electron chi connectivity index (χ4n) is 3.15. The third kappa shape index (κ3) is 4.86. The number of hydrogen-bond acceptors (Lipinski definition) is 8. The molecule has 2 aromatic carbocycles. The van der Waals surface area contributed by atoms with Crippen molar-refractivity contribution >= 4 is 45.1 Å². The summed E-state index contributed by atoms with van der Waals surface area (Å²) >= 11 is 0.887. The third-order valence-corrected chi connectivity index (χ3v) is 5.70. The van der Waals surface area contributed by atoms with Gasteiger partial charge < -0.3 is 5.32 Å². The fourth-order valence-corrected chi connectivity index (χ4v) is 3.85. The van der Waals surface area contributed by atoms with Gasteiger partial charge in [-0.05, 0) is 24.3 Å². The average molecular weight is 476 g/mol. The zero-order valence-electron chi connectivity index (χ0n) is 17.3. The van der Waals surface area contributed by atoms with E-state index < -0.39 is 28.3 Å². The predicted molar refractivity (Wildman–Crippen MR) is 126 cm³/mol. The van der Waals surface area contributed by atoms with E-state index in [0.29, 0.717) is 21.2 Å². The molecule has 0 unspecified atom stereocenters. The van der Waals surface area contributed by atoms with E-state index in [4.69, 9.17) is 0 Å². The molecule has 170 valence electrons. The lowest BCUT2D eigenvalue weighted by Gasteiger charge is -2.18. The van der Waals surface area contributed by atoms with Gasteiger partial charge in [0.25, 0.3) is 17.4 Å². The summed E-state index contributed by atoms with van der Waals surface area (Å²) in [5.41, 5.74) is 2.33. The first kappa shape index (κ1) is 22.5. The maximum absolute atomic E-state index is 13.1. The van der Waals surface area contributed by atoms with E-state index in [9.17, 15) is 24.5 Å². The van der Waals surface area contributed by atoms with E-state index in [1.54, 1.807) is 54.6 Å². The van der Waals surface area contributed by atoms with E-state index in [-0.39, 0.29) is 10.7 Å². The van der Waals surface area contributed by atoms with Crippen LogP contribution >= 0.6 is 11.3 Å². The van der Waals surface area contributed by atoms with Gasteiger partial charge in [0.1, 0.15) is 5.69 Å². The second-order valence-corrected chi connectivity index (χ2v) is 8.02. The van der Waals surface area contributed by atoms with Crippen LogP contribution < -0.4 is 16.3 Å². The summed E-state index contributed by atoms with van der Waals surface area (Å²) in [6, 6.07) is 16.4. The maximum atomic E-state index is 13.1. The quantitative estimate of drug-likeness (QED) is 0.211. The number of aromatic amines is 1. The standard InChI is InChI=1S/C22H16N6O5S/c29-20(13-6-2-1-3-7-13)24-19(18-15-8-4-5-9-16(15)21(30)27-25-18)22(31)26-23-12-14-10-11-17(34-14)28(32)33/h1-12,19H,(H,24,29)(H,26,31)(H,27,30)/b23-12-/t19-/m1/s1. The van der Waals surface area contributed by atoms with E-state index >= 15 is 0 Å². The highest BCUT2D eigenvalue weighted by Crippen LogP contribution is 2.23. The monoisotopic (exact) mass is 476 g/mol. The molecule has 0 bridgehead atoms. The molecule has 1 atom stereocenters. The number of thiophene rings is 1. The minimum Gasteiger partial charge on any atom is -0.335 e. The molecule has 3 N–H and O–H groups in total. The summed E-state index contributed by atoms with van der Waals surface area (Å²) in [6.45, 7) is 0. The number of benzene rings is 2. The van der Waals surface area contributed by atoms with Crippen molar-refractivity contribution < 1.29 is 14.5 Å². The highest BCUT2D eigenvalue weighted by Gasteiger charge is 2.27. The Hall–Kier alpha value is -4.71. The smallest absolute Gasteiger partial charge is 0.324 e. The Bertz CT molecular complexity index is 1460. The summed E-state index contributed by atoms with van der Waals surface area (Å²) in [5.74, 6) is -1.26. The topological polar surface area (TPSA) is 159 Å². The summed E-state index contributed by atoms with van der Waals surface area (Å²) in [7, 11) is 0. The first-order valence-corrected chi connectivity index (χ1v) is 10.7. The molecule has 2 aromatic heterocycles. The van der Waals surface area contributed by atoms with Gasteiger partial charge in [0, 0.05) is 17.0 Å². The first-order chi connectivity index (χ1) is 16.4. The zero-order chi connectivity index (χ0) is 24.1. The molecule has 34 heavy (non-hydrogen) atoms. The van der Waals surface area contributed by atoms with Crippen LogP contribution in [0.25, 0.3) is 10.8 Å². The number of nitro groups is 1.